The Balaban J connectivity index is 2.45. The lowest BCUT2D eigenvalue weighted by atomic mass is 9.98. The minimum absolute atomic E-state index is 0.00556. The smallest absolute Gasteiger partial charge is 0.104 e. The number of rotatable bonds is 2. The van der Waals surface area contributed by atoms with Crippen LogP contribution in [0.2, 0.25) is 0 Å². The molecule has 1 saturated heterocycles. The summed E-state index contributed by atoms with van der Waals surface area (Å²) in [5.74, 6) is 5.78. The molecule has 0 aromatic carbocycles. The lowest BCUT2D eigenvalue weighted by Gasteiger charge is -2.37. The van der Waals surface area contributed by atoms with Crippen LogP contribution in [-0.2, 0) is 0 Å². The van der Waals surface area contributed by atoms with Crippen molar-refractivity contribution in [1.29, 1.82) is 0 Å². The first-order valence-electron chi connectivity index (χ1n) is 5.58. The first-order chi connectivity index (χ1) is 6.75. The molecule has 1 atom stereocenters. The Labute approximate surface area is 87.3 Å². The molecule has 14 heavy (non-hydrogen) atoms. The van der Waals surface area contributed by atoms with Gasteiger partial charge < -0.3 is 5.11 Å². The van der Waals surface area contributed by atoms with Crippen molar-refractivity contribution in [2.75, 3.05) is 13.2 Å². The summed E-state index contributed by atoms with van der Waals surface area (Å²) in [7, 11) is 0. The first-order valence-corrected chi connectivity index (χ1v) is 5.58. The van der Waals surface area contributed by atoms with Gasteiger partial charge in [-0.05, 0) is 33.2 Å². The molecule has 0 spiro atoms. The molecule has 1 heterocycles. The SMILES string of the molecule is CC(C)N1CCCCC1CC#CCO. The largest absolute Gasteiger partial charge is 0.384 e. The van der Waals surface area contributed by atoms with E-state index in [1.165, 1.54) is 25.8 Å². The maximum atomic E-state index is 8.58. The summed E-state index contributed by atoms with van der Waals surface area (Å²) >= 11 is 0. The fourth-order valence-corrected chi connectivity index (χ4v) is 2.17. The van der Waals surface area contributed by atoms with E-state index in [0.29, 0.717) is 12.1 Å². The molecular formula is C12H21NO. The minimum Gasteiger partial charge on any atom is -0.384 e. The van der Waals surface area contributed by atoms with Gasteiger partial charge in [0.05, 0.1) is 0 Å². The van der Waals surface area contributed by atoms with E-state index in [1.54, 1.807) is 0 Å². The first kappa shape index (κ1) is 11.6. The van der Waals surface area contributed by atoms with Crippen LogP contribution in [0.25, 0.3) is 0 Å². The molecule has 1 aliphatic rings. The van der Waals surface area contributed by atoms with Crippen LogP contribution in [0.3, 0.4) is 0 Å². The molecule has 0 amide bonds. The Hall–Kier alpha value is -0.520. The van der Waals surface area contributed by atoms with Crippen LogP contribution < -0.4 is 0 Å². The van der Waals surface area contributed by atoms with Gasteiger partial charge in [0.25, 0.3) is 0 Å². The highest BCUT2D eigenvalue weighted by atomic mass is 16.2. The number of nitrogens with zero attached hydrogens (tertiary/aromatic N) is 1. The quantitative estimate of drug-likeness (QED) is 0.677. The van der Waals surface area contributed by atoms with E-state index in [2.05, 4.69) is 30.6 Å². The molecule has 1 unspecified atom stereocenters. The van der Waals surface area contributed by atoms with E-state index in [-0.39, 0.29) is 6.61 Å². The Morgan fingerprint density at radius 1 is 1.36 bits per heavy atom. The number of likely N-dealkylation sites (tertiary alicyclic amines) is 1. The van der Waals surface area contributed by atoms with E-state index in [1.807, 2.05) is 0 Å². The Bertz CT molecular complexity index is 214. The number of aliphatic hydroxyl groups is 1. The zero-order chi connectivity index (χ0) is 10.4. The minimum atomic E-state index is -0.00556. The molecule has 0 aromatic heterocycles. The van der Waals surface area contributed by atoms with Gasteiger partial charge in [0, 0.05) is 18.5 Å². The number of piperidine rings is 1. The lowest BCUT2D eigenvalue weighted by Crippen LogP contribution is -2.43. The van der Waals surface area contributed by atoms with Crippen LogP contribution in [0.1, 0.15) is 39.5 Å². The highest BCUT2D eigenvalue weighted by molar-refractivity contribution is 5.02. The maximum absolute atomic E-state index is 8.58. The summed E-state index contributed by atoms with van der Waals surface area (Å²) < 4.78 is 0. The second-order valence-corrected chi connectivity index (χ2v) is 4.20. The van der Waals surface area contributed by atoms with E-state index < -0.39 is 0 Å². The molecule has 1 fully saturated rings. The average Bonchev–Trinajstić information content (AvgIpc) is 2.19. The van der Waals surface area contributed by atoms with E-state index in [0.717, 1.165) is 6.42 Å². The van der Waals surface area contributed by atoms with Gasteiger partial charge in [-0.25, -0.2) is 0 Å². The van der Waals surface area contributed by atoms with Gasteiger partial charge >= 0.3 is 0 Å². The predicted molar refractivity (Wildman–Crippen MR) is 59.0 cm³/mol. The third-order valence-corrected chi connectivity index (χ3v) is 2.88. The summed E-state index contributed by atoms with van der Waals surface area (Å²) in [5.41, 5.74) is 0. The van der Waals surface area contributed by atoms with E-state index in [9.17, 15) is 0 Å². The van der Waals surface area contributed by atoms with Gasteiger partial charge in [0.1, 0.15) is 6.61 Å². The lowest BCUT2D eigenvalue weighted by molar-refractivity contribution is 0.114. The third-order valence-electron chi connectivity index (χ3n) is 2.88. The van der Waals surface area contributed by atoms with Crippen LogP contribution in [0.5, 0.6) is 0 Å². The van der Waals surface area contributed by atoms with Crippen LogP contribution >= 0.6 is 0 Å². The predicted octanol–water partition coefficient (Wildman–Crippen LogP) is 1.64. The molecule has 0 saturated carbocycles. The van der Waals surface area contributed by atoms with Crippen molar-refractivity contribution < 1.29 is 5.11 Å². The third kappa shape index (κ3) is 3.32. The van der Waals surface area contributed by atoms with Gasteiger partial charge in [-0.2, -0.15) is 0 Å². The second-order valence-electron chi connectivity index (χ2n) is 4.20. The molecule has 1 N–H and O–H groups in total. The van der Waals surface area contributed by atoms with Gasteiger partial charge in [0.15, 0.2) is 0 Å². The molecule has 80 valence electrons. The van der Waals surface area contributed by atoms with E-state index >= 15 is 0 Å². The molecule has 2 heteroatoms. The van der Waals surface area contributed by atoms with Crippen molar-refractivity contribution in [3.63, 3.8) is 0 Å². The molecule has 1 aliphatic heterocycles. The highest BCUT2D eigenvalue weighted by Gasteiger charge is 2.23. The topological polar surface area (TPSA) is 23.5 Å². The van der Waals surface area contributed by atoms with Crippen molar-refractivity contribution >= 4 is 0 Å². The average molecular weight is 195 g/mol. The summed E-state index contributed by atoms with van der Waals surface area (Å²) in [6, 6.07) is 1.24. The van der Waals surface area contributed by atoms with Crippen molar-refractivity contribution in [2.24, 2.45) is 0 Å². The molecular weight excluding hydrogens is 174 g/mol. The van der Waals surface area contributed by atoms with E-state index in [4.69, 9.17) is 5.11 Å². The molecule has 1 rings (SSSR count). The van der Waals surface area contributed by atoms with Crippen LogP contribution in [0, 0.1) is 11.8 Å². The van der Waals surface area contributed by atoms with Crippen LogP contribution in [-0.4, -0.2) is 35.2 Å². The Morgan fingerprint density at radius 3 is 2.79 bits per heavy atom. The molecule has 0 aliphatic carbocycles. The highest BCUT2D eigenvalue weighted by Crippen LogP contribution is 2.21. The standard InChI is InChI=1S/C12H21NO/c1-11(2)13-9-5-3-7-12(13)8-4-6-10-14/h11-12,14H,3,5,7-10H2,1-2H3. The van der Waals surface area contributed by atoms with Crippen LogP contribution in [0.15, 0.2) is 0 Å². The fourth-order valence-electron chi connectivity index (χ4n) is 2.17. The zero-order valence-electron chi connectivity index (χ0n) is 9.29. The summed E-state index contributed by atoms with van der Waals surface area (Å²) in [6.45, 7) is 5.70. The molecule has 0 radical (unpaired) electrons. The fraction of sp³-hybridized carbons (Fsp3) is 0.833. The van der Waals surface area contributed by atoms with Gasteiger partial charge in [-0.1, -0.05) is 18.3 Å². The summed E-state index contributed by atoms with van der Waals surface area (Å²) in [5, 5.41) is 8.58. The monoisotopic (exact) mass is 195 g/mol. The number of hydrogen-bond donors (Lipinski definition) is 1. The number of aliphatic hydroxyl groups excluding tert-OH is 1. The zero-order valence-corrected chi connectivity index (χ0v) is 9.29. The van der Waals surface area contributed by atoms with Gasteiger partial charge in [0.2, 0.25) is 0 Å². The summed E-state index contributed by atoms with van der Waals surface area (Å²) in [6.07, 6.45) is 4.83. The molecule has 2 nitrogen and oxygen atoms in total. The molecule has 0 bridgehead atoms. The summed E-state index contributed by atoms with van der Waals surface area (Å²) in [4.78, 5) is 2.54. The second kappa shape index (κ2) is 6.06. The van der Waals surface area contributed by atoms with Crippen molar-refractivity contribution in [1.82, 2.24) is 4.90 Å². The Kier molecular flexibility index (Phi) is 5.00. The van der Waals surface area contributed by atoms with Crippen molar-refractivity contribution in [3.8, 4) is 11.8 Å². The van der Waals surface area contributed by atoms with Crippen LogP contribution in [0.4, 0.5) is 0 Å². The number of hydrogen-bond acceptors (Lipinski definition) is 2. The maximum Gasteiger partial charge on any atom is 0.104 e. The normalized spacial score (nSPS) is 23.3. The van der Waals surface area contributed by atoms with Crippen molar-refractivity contribution in [3.05, 3.63) is 0 Å². The Morgan fingerprint density at radius 2 is 2.14 bits per heavy atom. The van der Waals surface area contributed by atoms with Crippen molar-refractivity contribution in [2.45, 2.75) is 51.6 Å². The van der Waals surface area contributed by atoms with Gasteiger partial charge in [-0.3, -0.25) is 4.90 Å². The van der Waals surface area contributed by atoms with Gasteiger partial charge in [-0.15, -0.1) is 0 Å². The molecule has 0 aromatic rings.